The van der Waals surface area contributed by atoms with Gasteiger partial charge in [0.05, 0.1) is 13.2 Å². The number of carbonyl (C=O) groups excluding carboxylic acids is 1. The van der Waals surface area contributed by atoms with Crippen molar-refractivity contribution in [3.8, 4) is 0 Å². The van der Waals surface area contributed by atoms with Crippen molar-refractivity contribution < 1.29 is 15.0 Å². The quantitative estimate of drug-likeness (QED) is 0.474. The second-order valence-corrected chi connectivity index (χ2v) is 6.14. The van der Waals surface area contributed by atoms with Gasteiger partial charge in [0, 0.05) is 24.8 Å². The minimum Gasteiger partial charge on any atom is -0.395 e. The molecule has 1 aromatic heterocycles. The highest BCUT2D eigenvalue weighted by Gasteiger charge is 2.20. The highest BCUT2D eigenvalue weighted by Crippen LogP contribution is 2.23. The first kappa shape index (κ1) is 18.4. The Kier molecular flexibility index (Phi) is 7.20. The third-order valence-corrected chi connectivity index (χ3v) is 4.03. The van der Waals surface area contributed by atoms with Crippen LogP contribution in [0.1, 0.15) is 49.4 Å². The number of hydrogen-bond donors (Lipinski definition) is 5. The number of anilines is 2. The van der Waals surface area contributed by atoms with E-state index in [1.54, 1.807) is 6.92 Å². The summed E-state index contributed by atoms with van der Waals surface area (Å²) >= 11 is 0. The van der Waals surface area contributed by atoms with Crippen LogP contribution >= 0.6 is 0 Å². The lowest BCUT2D eigenvalue weighted by Gasteiger charge is -2.24. The van der Waals surface area contributed by atoms with Gasteiger partial charge in [-0.15, -0.1) is 0 Å². The lowest BCUT2D eigenvalue weighted by Crippen LogP contribution is -2.36. The third kappa shape index (κ3) is 5.31. The van der Waals surface area contributed by atoms with Gasteiger partial charge in [0.1, 0.15) is 11.4 Å². The van der Waals surface area contributed by atoms with Crippen molar-refractivity contribution in [3.05, 3.63) is 11.8 Å². The summed E-state index contributed by atoms with van der Waals surface area (Å²) in [5.74, 6) is 0.540. The van der Waals surface area contributed by atoms with Crippen molar-refractivity contribution >= 4 is 17.7 Å². The maximum atomic E-state index is 12.4. The van der Waals surface area contributed by atoms with Crippen molar-refractivity contribution in [2.45, 2.75) is 51.1 Å². The Morgan fingerprint density at radius 2 is 2.08 bits per heavy atom. The largest absolute Gasteiger partial charge is 0.395 e. The fourth-order valence-electron chi connectivity index (χ4n) is 2.70. The molecule has 1 aromatic rings. The molecular formula is C16H27N5O3. The molecule has 1 aliphatic carbocycles. The number of nitrogens with zero attached hydrogens (tertiary/aromatic N) is 2. The zero-order valence-electron chi connectivity index (χ0n) is 14.1. The van der Waals surface area contributed by atoms with Gasteiger partial charge in [0.25, 0.3) is 5.91 Å². The highest BCUT2D eigenvalue weighted by molar-refractivity contribution is 5.98. The molecule has 0 aromatic carbocycles. The zero-order chi connectivity index (χ0) is 17.4. The van der Waals surface area contributed by atoms with Gasteiger partial charge in [-0.1, -0.05) is 19.3 Å². The van der Waals surface area contributed by atoms with E-state index in [9.17, 15) is 4.79 Å². The van der Waals surface area contributed by atoms with Crippen molar-refractivity contribution in [2.24, 2.45) is 0 Å². The minimum atomic E-state index is -0.341. The molecule has 0 spiro atoms. The number of hydrogen-bond acceptors (Lipinski definition) is 7. The van der Waals surface area contributed by atoms with Gasteiger partial charge in [-0.05, 0) is 19.8 Å². The predicted octanol–water partition coefficient (Wildman–Crippen LogP) is 0.736. The Morgan fingerprint density at radius 3 is 2.75 bits per heavy atom. The van der Waals surface area contributed by atoms with E-state index in [0.29, 0.717) is 29.9 Å². The molecule has 5 N–H and O–H groups in total. The van der Waals surface area contributed by atoms with E-state index in [-0.39, 0.29) is 25.2 Å². The molecule has 1 amide bonds. The standard InChI is InChI=1S/C16H27N5O3/c1-11(10-23)19-15(24)13-9-18-16(17-7-8-22)21-14(13)20-12-5-3-2-4-6-12/h9,11-12,22-23H,2-8,10H2,1H3,(H,19,24)(H2,17,18,20,21)/t11-/m0/s1. The summed E-state index contributed by atoms with van der Waals surface area (Å²) in [6.45, 7) is 1.92. The van der Waals surface area contributed by atoms with Gasteiger partial charge in [-0.25, -0.2) is 4.98 Å². The Bertz CT molecular complexity index is 534. The molecule has 0 saturated heterocycles. The lowest BCUT2D eigenvalue weighted by molar-refractivity contribution is 0.0922. The van der Waals surface area contributed by atoms with Crippen LogP contribution in [-0.2, 0) is 0 Å². The molecule has 0 radical (unpaired) electrons. The van der Waals surface area contributed by atoms with Crippen molar-refractivity contribution in [1.82, 2.24) is 15.3 Å². The van der Waals surface area contributed by atoms with Crippen LogP contribution in [0.25, 0.3) is 0 Å². The van der Waals surface area contributed by atoms with Crippen molar-refractivity contribution in [3.63, 3.8) is 0 Å². The Labute approximate surface area is 142 Å². The number of aliphatic hydroxyl groups excluding tert-OH is 2. The molecule has 1 fully saturated rings. The summed E-state index contributed by atoms with van der Waals surface area (Å²) in [7, 11) is 0. The molecule has 1 saturated carbocycles. The molecule has 0 bridgehead atoms. The van der Waals surface area contributed by atoms with E-state index in [2.05, 4.69) is 25.9 Å². The van der Waals surface area contributed by atoms with E-state index >= 15 is 0 Å². The Morgan fingerprint density at radius 1 is 1.33 bits per heavy atom. The fraction of sp³-hybridized carbons (Fsp3) is 0.688. The molecule has 8 heteroatoms. The Hall–Kier alpha value is -1.93. The lowest BCUT2D eigenvalue weighted by atomic mass is 9.95. The number of aliphatic hydroxyl groups is 2. The Balaban J connectivity index is 2.18. The molecule has 1 atom stereocenters. The topological polar surface area (TPSA) is 119 Å². The van der Waals surface area contributed by atoms with Gasteiger partial charge < -0.3 is 26.2 Å². The molecule has 134 valence electrons. The average Bonchev–Trinajstić information content (AvgIpc) is 2.60. The number of nitrogens with one attached hydrogen (secondary N) is 3. The molecular weight excluding hydrogens is 310 g/mol. The maximum absolute atomic E-state index is 12.4. The fourth-order valence-corrected chi connectivity index (χ4v) is 2.70. The first-order chi connectivity index (χ1) is 11.6. The smallest absolute Gasteiger partial charge is 0.256 e. The van der Waals surface area contributed by atoms with Crippen LogP contribution in [0.5, 0.6) is 0 Å². The van der Waals surface area contributed by atoms with Gasteiger partial charge in [0.2, 0.25) is 5.95 Å². The van der Waals surface area contributed by atoms with E-state index < -0.39 is 0 Å². The van der Waals surface area contributed by atoms with Crippen molar-refractivity contribution in [2.75, 3.05) is 30.4 Å². The molecule has 24 heavy (non-hydrogen) atoms. The number of rotatable bonds is 8. The summed E-state index contributed by atoms with van der Waals surface area (Å²) in [6.07, 6.45) is 7.15. The average molecular weight is 337 g/mol. The van der Waals surface area contributed by atoms with Crippen LogP contribution in [0.15, 0.2) is 6.20 Å². The third-order valence-electron chi connectivity index (χ3n) is 4.03. The molecule has 1 heterocycles. The molecule has 0 unspecified atom stereocenters. The van der Waals surface area contributed by atoms with Crippen LogP contribution < -0.4 is 16.0 Å². The van der Waals surface area contributed by atoms with Gasteiger partial charge >= 0.3 is 0 Å². The minimum absolute atomic E-state index is 0.0228. The van der Waals surface area contributed by atoms with Crippen LogP contribution in [0, 0.1) is 0 Å². The van der Waals surface area contributed by atoms with Gasteiger partial charge in [0.15, 0.2) is 0 Å². The molecule has 0 aliphatic heterocycles. The number of carbonyl (C=O) groups is 1. The SMILES string of the molecule is C[C@@H](CO)NC(=O)c1cnc(NCCO)nc1NC1CCCCC1. The van der Waals surface area contributed by atoms with Crippen LogP contribution in [0.2, 0.25) is 0 Å². The normalized spacial score (nSPS) is 16.5. The summed E-state index contributed by atoms with van der Waals surface area (Å²) in [4.78, 5) is 20.9. The predicted molar refractivity (Wildman–Crippen MR) is 92.1 cm³/mol. The van der Waals surface area contributed by atoms with E-state index in [0.717, 1.165) is 12.8 Å². The van der Waals surface area contributed by atoms with Crippen LogP contribution in [0.4, 0.5) is 11.8 Å². The number of amides is 1. The second kappa shape index (κ2) is 9.39. The molecule has 2 rings (SSSR count). The zero-order valence-corrected chi connectivity index (χ0v) is 14.1. The number of aromatic nitrogens is 2. The van der Waals surface area contributed by atoms with Crippen LogP contribution in [0.3, 0.4) is 0 Å². The van der Waals surface area contributed by atoms with E-state index in [1.165, 1.54) is 25.5 Å². The highest BCUT2D eigenvalue weighted by atomic mass is 16.3. The molecule has 8 nitrogen and oxygen atoms in total. The first-order valence-electron chi connectivity index (χ1n) is 8.54. The van der Waals surface area contributed by atoms with Gasteiger partial charge in [-0.2, -0.15) is 4.98 Å². The van der Waals surface area contributed by atoms with E-state index in [1.807, 2.05) is 0 Å². The summed E-state index contributed by atoms with van der Waals surface area (Å²) in [5.41, 5.74) is 0.357. The first-order valence-corrected chi connectivity index (χ1v) is 8.54. The maximum Gasteiger partial charge on any atom is 0.256 e. The summed E-state index contributed by atoms with van der Waals surface area (Å²) in [6, 6.07) is -0.0478. The summed E-state index contributed by atoms with van der Waals surface area (Å²) < 4.78 is 0. The van der Waals surface area contributed by atoms with Crippen LogP contribution in [-0.4, -0.2) is 57.9 Å². The van der Waals surface area contributed by atoms with Crippen molar-refractivity contribution in [1.29, 1.82) is 0 Å². The monoisotopic (exact) mass is 337 g/mol. The van der Waals surface area contributed by atoms with Gasteiger partial charge in [-0.3, -0.25) is 4.79 Å². The second-order valence-electron chi connectivity index (χ2n) is 6.14. The van der Waals surface area contributed by atoms with E-state index in [4.69, 9.17) is 10.2 Å². The summed E-state index contributed by atoms with van der Waals surface area (Å²) in [5, 5.41) is 27.0. The molecule has 1 aliphatic rings.